The summed E-state index contributed by atoms with van der Waals surface area (Å²) in [6.45, 7) is 4.07. The number of aromatic nitrogens is 2. The van der Waals surface area contributed by atoms with Crippen molar-refractivity contribution < 1.29 is 9.53 Å². The number of carbonyl (C=O) groups is 1. The lowest BCUT2D eigenvalue weighted by molar-refractivity contribution is -0.0742. The number of hydrogen-bond acceptors (Lipinski definition) is 3. The zero-order valence-electron chi connectivity index (χ0n) is 14.8. The minimum atomic E-state index is -0.224. The number of rotatable bonds is 1. The van der Waals surface area contributed by atoms with Gasteiger partial charge in [-0.25, -0.2) is 4.98 Å². The van der Waals surface area contributed by atoms with Crippen molar-refractivity contribution in [3.8, 4) is 0 Å². The molecule has 0 aliphatic carbocycles. The van der Waals surface area contributed by atoms with Gasteiger partial charge in [0.2, 0.25) is 0 Å². The Morgan fingerprint density at radius 2 is 2.00 bits per heavy atom. The molecule has 5 rings (SSSR count). The van der Waals surface area contributed by atoms with Crippen molar-refractivity contribution in [3.05, 3.63) is 65.0 Å². The number of ether oxygens (including phenoxy) is 1. The van der Waals surface area contributed by atoms with Gasteiger partial charge in [-0.05, 0) is 48.6 Å². The summed E-state index contributed by atoms with van der Waals surface area (Å²) < 4.78 is 6.19. The molecule has 5 nitrogen and oxygen atoms in total. The standard InChI is InChI=1S/C21H21N3O2/c1-14-6-7-17-18(12-14)23-19(22-17)20(25)24-10-8-21(9-11-24)16-5-3-2-4-15(16)13-26-21/h2-7,12H,8-11,13H2,1H3,(H,22,23). The summed E-state index contributed by atoms with van der Waals surface area (Å²) in [6.07, 6.45) is 1.66. The molecule has 0 bridgehead atoms. The van der Waals surface area contributed by atoms with Crippen LogP contribution in [-0.4, -0.2) is 33.9 Å². The molecule has 2 aliphatic heterocycles. The SMILES string of the molecule is Cc1ccc2[nH]c(C(=O)N3CCC4(CC3)OCc3ccccc34)nc2c1. The topological polar surface area (TPSA) is 58.2 Å². The lowest BCUT2D eigenvalue weighted by Gasteiger charge is -2.39. The van der Waals surface area contributed by atoms with Crippen LogP contribution < -0.4 is 0 Å². The van der Waals surface area contributed by atoms with Gasteiger partial charge in [-0.3, -0.25) is 4.79 Å². The fourth-order valence-corrected chi connectivity index (χ4v) is 4.24. The third-order valence-corrected chi connectivity index (χ3v) is 5.71. The van der Waals surface area contributed by atoms with Crippen LogP contribution >= 0.6 is 0 Å². The molecule has 5 heteroatoms. The molecule has 0 saturated carbocycles. The number of carbonyl (C=O) groups excluding carboxylic acids is 1. The molecule has 2 aliphatic rings. The molecule has 0 radical (unpaired) electrons. The largest absolute Gasteiger partial charge is 0.365 e. The van der Waals surface area contributed by atoms with Crippen molar-refractivity contribution in [1.82, 2.24) is 14.9 Å². The zero-order chi connectivity index (χ0) is 17.7. The highest BCUT2D eigenvalue weighted by Gasteiger charge is 2.43. The Morgan fingerprint density at radius 1 is 1.19 bits per heavy atom. The Balaban J connectivity index is 1.36. The second-order valence-electron chi connectivity index (χ2n) is 7.34. The van der Waals surface area contributed by atoms with Crippen molar-refractivity contribution in [2.45, 2.75) is 32.0 Å². The molecule has 132 valence electrons. The van der Waals surface area contributed by atoms with Crippen LogP contribution in [0, 0.1) is 6.92 Å². The summed E-state index contributed by atoms with van der Waals surface area (Å²) in [6, 6.07) is 14.4. The number of fused-ring (bicyclic) bond motifs is 3. The Bertz CT molecular complexity index is 999. The van der Waals surface area contributed by atoms with Crippen molar-refractivity contribution in [2.24, 2.45) is 0 Å². The number of imidazole rings is 1. The molecule has 1 fully saturated rings. The molecule has 0 unspecified atom stereocenters. The van der Waals surface area contributed by atoms with Gasteiger partial charge in [-0.2, -0.15) is 0 Å². The molecule has 3 heterocycles. The molecule has 3 aromatic rings. The number of H-pyrrole nitrogens is 1. The van der Waals surface area contributed by atoms with Crippen molar-refractivity contribution >= 4 is 16.9 Å². The molecule has 2 aromatic carbocycles. The van der Waals surface area contributed by atoms with E-state index in [9.17, 15) is 4.79 Å². The number of aryl methyl sites for hydroxylation is 1. The van der Waals surface area contributed by atoms with Gasteiger partial charge in [-0.1, -0.05) is 30.3 Å². The Morgan fingerprint density at radius 3 is 2.85 bits per heavy atom. The van der Waals surface area contributed by atoms with Gasteiger partial charge in [0.05, 0.1) is 23.2 Å². The van der Waals surface area contributed by atoms with E-state index in [1.54, 1.807) is 0 Å². The van der Waals surface area contributed by atoms with Crippen LogP contribution in [0.3, 0.4) is 0 Å². The van der Waals surface area contributed by atoms with Crippen molar-refractivity contribution in [2.75, 3.05) is 13.1 Å². The minimum Gasteiger partial charge on any atom is -0.365 e. The fourth-order valence-electron chi connectivity index (χ4n) is 4.24. The molecule has 1 aromatic heterocycles. The first-order valence-corrected chi connectivity index (χ1v) is 9.13. The third kappa shape index (κ3) is 2.35. The van der Waals surface area contributed by atoms with E-state index in [-0.39, 0.29) is 11.5 Å². The maximum Gasteiger partial charge on any atom is 0.289 e. The second-order valence-corrected chi connectivity index (χ2v) is 7.34. The monoisotopic (exact) mass is 347 g/mol. The number of benzene rings is 2. The van der Waals surface area contributed by atoms with Gasteiger partial charge >= 0.3 is 0 Å². The quantitative estimate of drug-likeness (QED) is 0.732. The van der Waals surface area contributed by atoms with Crippen LogP contribution in [0.15, 0.2) is 42.5 Å². The van der Waals surface area contributed by atoms with Gasteiger partial charge in [-0.15, -0.1) is 0 Å². The lowest BCUT2D eigenvalue weighted by Crippen LogP contribution is -2.45. The van der Waals surface area contributed by atoms with E-state index in [4.69, 9.17) is 4.74 Å². The van der Waals surface area contributed by atoms with E-state index in [1.807, 2.05) is 30.0 Å². The summed E-state index contributed by atoms with van der Waals surface area (Å²) in [5.74, 6) is 0.397. The molecule has 0 atom stereocenters. The Hall–Kier alpha value is -2.66. The smallest absolute Gasteiger partial charge is 0.289 e. The van der Waals surface area contributed by atoms with Crippen LogP contribution in [0.5, 0.6) is 0 Å². The average molecular weight is 347 g/mol. The van der Waals surface area contributed by atoms with Gasteiger partial charge in [0.15, 0.2) is 5.82 Å². The summed E-state index contributed by atoms with van der Waals surface area (Å²) in [5.41, 5.74) is 5.24. The van der Waals surface area contributed by atoms with Gasteiger partial charge in [0.1, 0.15) is 0 Å². The zero-order valence-corrected chi connectivity index (χ0v) is 14.8. The molecule has 1 amide bonds. The number of hydrogen-bond donors (Lipinski definition) is 1. The van der Waals surface area contributed by atoms with E-state index in [0.29, 0.717) is 25.5 Å². The highest BCUT2D eigenvalue weighted by molar-refractivity contribution is 5.94. The fraction of sp³-hybridized carbons (Fsp3) is 0.333. The average Bonchev–Trinajstić information content (AvgIpc) is 3.24. The number of aromatic amines is 1. The van der Waals surface area contributed by atoms with E-state index in [0.717, 1.165) is 29.4 Å². The van der Waals surface area contributed by atoms with Crippen molar-refractivity contribution in [3.63, 3.8) is 0 Å². The molecular weight excluding hydrogens is 326 g/mol. The van der Waals surface area contributed by atoms with Crippen LogP contribution in [0.4, 0.5) is 0 Å². The van der Waals surface area contributed by atoms with E-state index in [1.165, 1.54) is 11.1 Å². The highest BCUT2D eigenvalue weighted by atomic mass is 16.5. The maximum absolute atomic E-state index is 12.9. The lowest BCUT2D eigenvalue weighted by atomic mass is 9.84. The summed E-state index contributed by atoms with van der Waals surface area (Å²) in [7, 11) is 0. The first-order valence-electron chi connectivity index (χ1n) is 9.13. The summed E-state index contributed by atoms with van der Waals surface area (Å²) in [4.78, 5) is 22.4. The normalized spacial score (nSPS) is 18.4. The molecular formula is C21H21N3O2. The summed E-state index contributed by atoms with van der Waals surface area (Å²) >= 11 is 0. The molecule has 1 N–H and O–H groups in total. The summed E-state index contributed by atoms with van der Waals surface area (Å²) in [5, 5.41) is 0. The predicted octanol–water partition coefficient (Wildman–Crippen LogP) is 3.53. The van der Waals surface area contributed by atoms with E-state index in [2.05, 4.69) is 34.2 Å². The maximum atomic E-state index is 12.9. The number of nitrogens with zero attached hydrogens (tertiary/aromatic N) is 2. The van der Waals surface area contributed by atoms with Gasteiger partial charge in [0.25, 0.3) is 5.91 Å². The Labute approximate surface area is 152 Å². The molecule has 1 saturated heterocycles. The van der Waals surface area contributed by atoms with Crippen molar-refractivity contribution in [1.29, 1.82) is 0 Å². The predicted molar refractivity (Wildman–Crippen MR) is 98.9 cm³/mol. The molecule has 1 spiro atoms. The van der Waals surface area contributed by atoms with E-state index >= 15 is 0 Å². The molecule has 26 heavy (non-hydrogen) atoms. The Kier molecular flexibility index (Phi) is 3.40. The van der Waals surface area contributed by atoms with Gasteiger partial charge in [0, 0.05) is 13.1 Å². The van der Waals surface area contributed by atoms with Crippen LogP contribution in [-0.2, 0) is 16.9 Å². The first kappa shape index (κ1) is 15.6. The highest BCUT2D eigenvalue weighted by Crippen LogP contribution is 2.44. The third-order valence-electron chi connectivity index (χ3n) is 5.71. The minimum absolute atomic E-state index is 0.0278. The number of piperidine rings is 1. The van der Waals surface area contributed by atoms with Gasteiger partial charge < -0.3 is 14.6 Å². The number of nitrogens with one attached hydrogen (secondary N) is 1. The van der Waals surface area contributed by atoms with E-state index < -0.39 is 0 Å². The number of amides is 1. The van der Waals surface area contributed by atoms with Crippen LogP contribution in [0.1, 0.15) is 40.2 Å². The first-order chi connectivity index (χ1) is 12.6. The number of likely N-dealkylation sites (tertiary alicyclic amines) is 1. The second kappa shape index (κ2) is 5.68. The van der Waals surface area contributed by atoms with Crippen LogP contribution in [0.2, 0.25) is 0 Å². The van der Waals surface area contributed by atoms with Crippen LogP contribution in [0.25, 0.3) is 11.0 Å².